The van der Waals surface area contributed by atoms with Crippen molar-refractivity contribution in [1.82, 2.24) is 9.55 Å². The van der Waals surface area contributed by atoms with Crippen LogP contribution in [-0.2, 0) is 6.54 Å². The number of nitrogens with zero attached hydrogens (tertiary/aromatic N) is 2. The Morgan fingerprint density at radius 3 is 2.48 bits per heavy atom. The van der Waals surface area contributed by atoms with E-state index in [4.69, 9.17) is 9.72 Å². The lowest BCUT2D eigenvalue weighted by Crippen LogP contribution is -2.25. The van der Waals surface area contributed by atoms with Crippen LogP contribution in [0.1, 0.15) is 56.5 Å². The molecule has 3 aromatic rings. The highest BCUT2D eigenvalue weighted by molar-refractivity contribution is 5.76. The molecule has 1 atom stereocenters. The minimum Gasteiger partial charge on any atom is -0.491 e. The van der Waals surface area contributed by atoms with Gasteiger partial charge in [0.25, 0.3) is 0 Å². The fourth-order valence-electron chi connectivity index (χ4n) is 3.42. The second-order valence-corrected chi connectivity index (χ2v) is 7.88. The zero-order chi connectivity index (χ0) is 19.6. The van der Waals surface area contributed by atoms with E-state index in [0.29, 0.717) is 12.5 Å². The van der Waals surface area contributed by atoms with Gasteiger partial charge in [0.05, 0.1) is 17.6 Å². The van der Waals surface area contributed by atoms with E-state index in [-0.39, 0.29) is 12.5 Å². The molecule has 2 aromatic carbocycles. The summed E-state index contributed by atoms with van der Waals surface area (Å²) in [6.07, 6.45) is -0.611. The van der Waals surface area contributed by atoms with Gasteiger partial charge >= 0.3 is 0 Å². The molecule has 4 heteroatoms. The highest BCUT2D eigenvalue weighted by Gasteiger charge is 2.17. The summed E-state index contributed by atoms with van der Waals surface area (Å²) in [7, 11) is 0. The summed E-state index contributed by atoms with van der Waals surface area (Å²) >= 11 is 0. The van der Waals surface area contributed by atoms with E-state index >= 15 is 0 Å². The molecule has 0 aliphatic heterocycles. The van der Waals surface area contributed by atoms with Crippen molar-refractivity contribution in [3.63, 3.8) is 0 Å². The maximum atomic E-state index is 10.7. The maximum absolute atomic E-state index is 10.7. The quantitative estimate of drug-likeness (QED) is 0.638. The Kier molecular flexibility index (Phi) is 5.85. The van der Waals surface area contributed by atoms with Crippen LogP contribution in [0.25, 0.3) is 11.0 Å². The first-order valence-electron chi connectivity index (χ1n) is 9.73. The number of aliphatic hydroxyl groups excluding tert-OH is 1. The molecule has 0 amide bonds. The Labute approximate surface area is 161 Å². The third-order valence-electron chi connectivity index (χ3n) is 4.82. The van der Waals surface area contributed by atoms with Gasteiger partial charge in [0, 0.05) is 5.92 Å². The van der Waals surface area contributed by atoms with Gasteiger partial charge in [-0.15, -0.1) is 0 Å². The zero-order valence-electron chi connectivity index (χ0n) is 16.9. The number of fused-ring (bicyclic) bond motifs is 1. The summed E-state index contributed by atoms with van der Waals surface area (Å²) in [5, 5.41) is 10.7. The Hall–Kier alpha value is -2.33. The molecule has 0 saturated heterocycles. The molecule has 0 unspecified atom stereocenters. The predicted molar refractivity (Wildman–Crippen MR) is 111 cm³/mol. The smallest absolute Gasteiger partial charge is 0.123 e. The number of para-hydroxylation sites is 2. The van der Waals surface area contributed by atoms with Crippen LogP contribution in [0, 0.1) is 6.92 Å². The number of imidazole rings is 1. The minimum atomic E-state index is -0.611. The average molecular weight is 367 g/mol. The van der Waals surface area contributed by atoms with Crippen molar-refractivity contribution in [2.75, 3.05) is 6.61 Å². The van der Waals surface area contributed by atoms with Gasteiger partial charge < -0.3 is 14.4 Å². The van der Waals surface area contributed by atoms with Crippen molar-refractivity contribution in [1.29, 1.82) is 0 Å². The molecule has 4 nitrogen and oxygen atoms in total. The summed E-state index contributed by atoms with van der Waals surface area (Å²) in [5.74, 6) is 2.52. The van der Waals surface area contributed by atoms with Crippen molar-refractivity contribution in [2.24, 2.45) is 0 Å². The first kappa shape index (κ1) is 19.4. The molecule has 0 bridgehead atoms. The number of benzene rings is 2. The van der Waals surface area contributed by atoms with Gasteiger partial charge in [-0.2, -0.15) is 0 Å². The van der Waals surface area contributed by atoms with E-state index < -0.39 is 6.10 Å². The van der Waals surface area contributed by atoms with Gasteiger partial charge in [0.1, 0.15) is 24.3 Å². The predicted octanol–water partition coefficient (Wildman–Crippen LogP) is 5.03. The van der Waals surface area contributed by atoms with E-state index in [1.165, 1.54) is 5.56 Å². The molecule has 0 aliphatic rings. The Bertz CT molecular complexity index is 912. The molecule has 0 aliphatic carbocycles. The lowest BCUT2D eigenvalue weighted by molar-refractivity contribution is 0.0919. The molecule has 0 spiro atoms. The van der Waals surface area contributed by atoms with Crippen LogP contribution in [0.4, 0.5) is 0 Å². The van der Waals surface area contributed by atoms with Crippen LogP contribution in [-0.4, -0.2) is 27.4 Å². The lowest BCUT2D eigenvalue weighted by Gasteiger charge is -2.19. The van der Waals surface area contributed by atoms with Crippen LogP contribution in [0.5, 0.6) is 5.75 Å². The Morgan fingerprint density at radius 1 is 1.04 bits per heavy atom. The van der Waals surface area contributed by atoms with Crippen LogP contribution in [0.15, 0.2) is 42.5 Å². The summed E-state index contributed by atoms with van der Waals surface area (Å²) in [5.41, 5.74) is 4.35. The van der Waals surface area contributed by atoms with Gasteiger partial charge in [0.2, 0.25) is 0 Å². The van der Waals surface area contributed by atoms with Crippen LogP contribution in [0.2, 0.25) is 0 Å². The molecular weight excluding hydrogens is 336 g/mol. The monoisotopic (exact) mass is 366 g/mol. The van der Waals surface area contributed by atoms with E-state index in [0.717, 1.165) is 28.2 Å². The minimum absolute atomic E-state index is 0.257. The molecule has 27 heavy (non-hydrogen) atoms. The van der Waals surface area contributed by atoms with Gasteiger partial charge in [-0.25, -0.2) is 4.98 Å². The number of rotatable bonds is 7. The van der Waals surface area contributed by atoms with E-state index in [1.54, 1.807) is 0 Å². The maximum Gasteiger partial charge on any atom is 0.123 e. The van der Waals surface area contributed by atoms with Gasteiger partial charge in [-0.3, -0.25) is 0 Å². The van der Waals surface area contributed by atoms with E-state index in [1.807, 2.05) is 24.3 Å². The number of aromatic nitrogens is 2. The number of aliphatic hydroxyl groups is 1. The normalized spacial score (nSPS) is 12.9. The molecule has 3 rings (SSSR count). The van der Waals surface area contributed by atoms with Crippen LogP contribution >= 0.6 is 0 Å². The zero-order valence-corrected chi connectivity index (χ0v) is 16.9. The molecule has 1 aromatic heterocycles. The standard InChI is InChI=1S/C23H30N2O2/c1-15(2)19-11-10-17(5)12-22(19)27-14-18(26)13-25-21-9-7-6-8-20(21)24-23(25)16(3)4/h6-12,15-16,18,26H,13-14H2,1-5H3/t18-/m0/s1. The highest BCUT2D eigenvalue weighted by atomic mass is 16.5. The van der Waals surface area contributed by atoms with Crippen LogP contribution < -0.4 is 4.74 Å². The molecule has 0 radical (unpaired) electrons. The molecule has 1 N–H and O–H groups in total. The summed E-state index contributed by atoms with van der Waals surface area (Å²) in [6.45, 7) is 11.3. The number of aryl methyl sites for hydroxylation is 1. The first-order chi connectivity index (χ1) is 12.9. The lowest BCUT2D eigenvalue weighted by atomic mass is 10.0. The highest BCUT2D eigenvalue weighted by Crippen LogP contribution is 2.28. The number of hydrogen-bond acceptors (Lipinski definition) is 3. The fourth-order valence-corrected chi connectivity index (χ4v) is 3.42. The summed E-state index contributed by atoms with van der Waals surface area (Å²) in [6, 6.07) is 14.3. The SMILES string of the molecule is Cc1ccc(C(C)C)c(OC[C@@H](O)Cn2c(C(C)C)nc3ccccc32)c1. The van der Waals surface area contributed by atoms with Gasteiger partial charge in [0.15, 0.2) is 0 Å². The fraction of sp³-hybridized carbons (Fsp3) is 0.435. The van der Waals surface area contributed by atoms with E-state index in [9.17, 15) is 5.11 Å². The Balaban J connectivity index is 1.78. The van der Waals surface area contributed by atoms with Crippen molar-refractivity contribution in [2.45, 2.75) is 59.1 Å². The molecule has 144 valence electrons. The van der Waals surface area contributed by atoms with Crippen molar-refractivity contribution in [3.8, 4) is 5.75 Å². The summed E-state index contributed by atoms with van der Waals surface area (Å²) < 4.78 is 8.14. The van der Waals surface area contributed by atoms with Gasteiger partial charge in [-0.1, -0.05) is 52.0 Å². The second-order valence-electron chi connectivity index (χ2n) is 7.88. The second kappa shape index (κ2) is 8.13. The Morgan fingerprint density at radius 2 is 1.78 bits per heavy atom. The number of ether oxygens (including phenoxy) is 1. The van der Waals surface area contributed by atoms with Crippen molar-refractivity contribution < 1.29 is 9.84 Å². The van der Waals surface area contributed by atoms with Crippen molar-refractivity contribution >= 4 is 11.0 Å². The average Bonchev–Trinajstić information content (AvgIpc) is 2.99. The molecule has 0 saturated carbocycles. The number of hydrogen-bond donors (Lipinski definition) is 1. The van der Waals surface area contributed by atoms with E-state index in [2.05, 4.69) is 57.4 Å². The molecular formula is C23H30N2O2. The third kappa shape index (κ3) is 4.33. The van der Waals surface area contributed by atoms with Crippen LogP contribution in [0.3, 0.4) is 0 Å². The molecule has 1 heterocycles. The molecule has 0 fully saturated rings. The summed E-state index contributed by atoms with van der Waals surface area (Å²) in [4.78, 5) is 4.74. The van der Waals surface area contributed by atoms with Crippen molar-refractivity contribution in [3.05, 3.63) is 59.4 Å². The third-order valence-corrected chi connectivity index (χ3v) is 4.82. The largest absolute Gasteiger partial charge is 0.491 e. The topological polar surface area (TPSA) is 47.3 Å². The van der Waals surface area contributed by atoms with Gasteiger partial charge in [-0.05, 0) is 42.2 Å². The first-order valence-corrected chi connectivity index (χ1v) is 9.73.